The lowest BCUT2D eigenvalue weighted by molar-refractivity contribution is -0.117. The Labute approximate surface area is 184 Å². The molecule has 5 nitrogen and oxygen atoms in total. The van der Waals surface area contributed by atoms with Gasteiger partial charge in [-0.05, 0) is 24.3 Å². The smallest absolute Gasteiger partial charge is 0.227 e. The maximum Gasteiger partial charge on any atom is 0.227 e. The van der Waals surface area contributed by atoms with Crippen molar-refractivity contribution in [2.24, 2.45) is 0 Å². The molecule has 1 fully saturated rings. The largest absolute Gasteiger partial charge is 0.320 e. The summed E-state index contributed by atoms with van der Waals surface area (Å²) in [6.07, 6.45) is 0.327. The van der Waals surface area contributed by atoms with Crippen LogP contribution < -0.4 is 4.90 Å². The Bertz CT molecular complexity index is 1280. The van der Waals surface area contributed by atoms with Crippen molar-refractivity contribution in [1.82, 2.24) is 9.55 Å². The number of carbonyl (C=O) groups excluding carboxylic acids is 2. The van der Waals surface area contributed by atoms with Gasteiger partial charge in [-0.2, -0.15) is 0 Å². The van der Waals surface area contributed by atoms with Crippen LogP contribution >= 0.6 is 11.6 Å². The molecule has 31 heavy (non-hydrogen) atoms. The van der Waals surface area contributed by atoms with Gasteiger partial charge in [0.2, 0.25) is 5.91 Å². The van der Waals surface area contributed by atoms with Crippen molar-refractivity contribution in [1.29, 1.82) is 0 Å². The first-order valence-corrected chi connectivity index (χ1v) is 10.6. The molecule has 0 spiro atoms. The van der Waals surface area contributed by atoms with Gasteiger partial charge in [-0.15, -0.1) is 0 Å². The van der Waals surface area contributed by atoms with Gasteiger partial charge < -0.3 is 9.47 Å². The van der Waals surface area contributed by atoms with Crippen molar-refractivity contribution in [3.8, 4) is 0 Å². The van der Waals surface area contributed by atoms with E-state index in [-0.39, 0.29) is 24.2 Å². The van der Waals surface area contributed by atoms with Gasteiger partial charge >= 0.3 is 0 Å². The molecule has 1 amide bonds. The van der Waals surface area contributed by atoms with E-state index in [1.165, 1.54) is 0 Å². The standard InChI is InChI=1S/C25H20ClN3O2/c26-19-10-4-6-12-21(19)28-15-18(14-24(28)31)25-27-20-11-5-7-13-22(20)29(25)16-23(30)17-8-2-1-3-9-17/h1-13,18H,14-16H2. The average Bonchev–Trinajstić information content (AvgIpc) is 3.35. The molecule has 1 aromatic heterocycles. The van der Waals surface area contributed by atoms with Gasteiger partial charge in [0, 0.05) is 24.4 Å². The van der Waals surface area contributed by atoms with E-state index in [1.54, 1.807) is 11.0 Å². The number of imidazole rings is 1. The highest BCUT2D eigenvalue weighted by atomic mass is 35.5. The zero-order valence-electron chi connectivity index (χ0n) is 16.7. The number of ketones is 1. The predicted octanol–water partition coefficient (Wildman–Crippen LogP) is 5.09. The van der Waals surface area contributed by atoms with Gasteiger partial charge in [0.15, 0.2) is 5.78 Å². The van der Waals surface area contributed by atoms with Gasteiger partial charge in [-0.1, -0.05) is 66.2 Å². The Morgan fingerprint density at radius 1 is 0.968 bits per heavy atom. The molecule has 4 aromatic rings. The van der Waals surface area contributed by atoms with Crippen LogP contribution in [0.15, 0.2) is 78.9 Å². The number of halogens is 1. The van der Waals surface area contributed by atoms with E-state index in [0.29, 0.717) is 29.2 Å². The van der Waals surface area contributed by atoms with Crippen LogP contribution in [0.5, 0.6) is 0 Å². The molecular formula is C25H20ClN3O2. The topological polar surface area (TPSA) is 55.2 Å². The quantitative estimate of drug-likeness (QED) is 0.415. The Balaban J connectivity index is 1.52. The van der Waals surface area contributed by atoms with Crippen LogP contribution in [-0.4, -0.2) is 27.8 Å². The van der Waals surface area contributed by atoms with Crippen molar-refractivity contribution in [3.05, 3.63) is 95.3 Å². The summed E-state index contributed by atoms with van der Waals surface area (Å²) in [5.74, 6) is 0.650. The Morgan fingerprint density at radius 2 is 1.68 bits per heavy atom. The molecule has 1 unspecified atom stereocenters. The van der Waals surface area contributed by atoms with E-state index < -0.39 is 0 Å². The summed E-state index contributed by atoms with van der Waals surface area (Å²) in [6.45, 7) is 0.655. The number of rotatable bonds is 5. The number of carbonyl (C=O) groups is 2. The molecule has 0 aliphatic carbocycles. The number of amides is 1. The highest BCUT2D eigenvalue weighted by Crippen LogP contribution is 2.36. The van der Waals surface area contributed by atoms with Crippen LogP contribution in [0.4, 0.5) is 5.69 Å². The zero-order chi connectivity index (χ0) is 21.4. The van der Waals surface area contributed by atoms with Gasteiger partial charge in [0.05, 0.1) is 28.3 Å². The van der Waals surface area contributed by atoms with Crippen molar-refractivity contribution in [3.63, 3.8) is 0 Å². The van der Waals surface area contributed by atoms with Crippen LogP contribution in [-0.2, 0) is 11.3 Å². The molecule has 1 aliphatic heterocycles. The molecule has 2 heterocycles. The first-order valence-electron chi connectivity index (χ1n) is 10.2. The number of fused-ring (bicyclic) bond motifs is 1. The van der Waals surface area contributed by atoms with Gasteiger partial charge in [0.1, 0.15) is 5.82 Å². The summed E-state index contributed by atoms with van der Waals surface area (Å²) < 4.78 is 1.96. The molecule has 154 valence electrons. The van der Waals surface area contributed by atoms with Crippen molar-refractivity contribution >= 4 is 40.0 Å². The van der Waals surface area contributed by atoms with Crippen LogP contribution in [0.25, 0.3) is 11.0 Å². The maximum absolute atomic E-state index is 13.0. The first kappa shape index (κ1) is 19.5. The SMILES string of the molecule is O=C(Cn1c(C2CC(=O)N(c3ccccc3Cl)C2)nc2ccccc21)c1ccccc1. The molecule has 1 atom stereocenters. The zero-order valence-corrected chi connectivity index (χ0v) is 17.5. The van der Waals surface area contributed by atoms with E-state index >= 15 is 0 Å². The third-order valence-corrected chi connectivity index (χ3v) is 6.03. The Hall–Kier alpha value is -3.44. The third-order valence-electron chi connectivity index (χ3n) is 5.71. The lowest BCUT2D eigenvalue weighted by Crippen LogP contribution is -2.25. The normalized spacial score (nSPS) is 16.2. The summed E-state index contributed by atoms with van der Waals surface area (Å²) in [5.41, 5.74) is 3.08. The Morgan fingerprint density at radius 3 is 2.48 bits per heavy atom. The van der Waals surface area contributed by atoms with Gasteiger partial charge in [-0.25, -0.2) is 4.98 Å². The molecular weight excluding hydrogens is 410 g/mol. The van der Waals surface area contributed by atoms with Crippen molar-refractivity contribution in [2.45, 2.75) is 18.9 Å². The van der Waals surface area contributed by atoms with Crippen LogP contribution in [0, 0.1) is 0 Å². The fraction of sp³-hybridized carbons (Fsp3) is 0.160. The Kier molecular flexibility index (Phi) is 5.04. The number of Topliss-reactive ketones (excluding diaryl/α,β-unsaturated/α-hetero) is 1. The summed E-state index contributed by atoms with van der Waals surface area (Å²) >= 11 is 6.34. The monoisotopic (exact) mass is 429 g/mol. The van der Waals surface area contributed by atoms with Crippen molar-refractivity contribution < 1.29 is 9.59 Å². The molecule has 1 saturated heterocycles. The molecule has 6 heteroatoms. The second-order valence-electron chi connectivity index (χ2n) is 7.69. The predicted molar refractivity (Wildman–Crippen MR) is 122 cm³/mol. The molecule has 5 rings (SSSR count). The minimum atomic E-state index is -0.125. The molecule has 3 aromatic carbocycles. The number of aromatic nitrogens is 2. The number of hydrogen-bond acceptors (Lipinski definition) is 3. The van der Waals surface area contributed by atoms with E-state index in [4.69, 9.17) is 16.6 Å². The number of hydrogen-bond donors (Lipinski definition) is 0. The minimum absolute atomic E-state index is 0.00564. The van der Waals surface area contributed by atoms with Gasteiger partial charge in [-0.3, -0.25) is 9.59 Å². The fourth-order valence-electron chi connectivity index (χ4n) is 4.21. The van der Waals surface area contributed by atoms with E-state index in [2.05, 4.69) is 0 Å². The van der Waals surface area contributed by atoms with Crippen molar-refractivity contribution in [2.75, 3.05) is 11.4 Å². The van der Waals surface area contributed by atoms with Crippen LogP contribution in [0.1, 0.15) is 28.5 Å². The summed E-state index contributed by atoms with van der Waals surface area (Å²) in [7, 11) is 0. The van der Waals surface area contributed by atoms with E-state index in [1.807, 2.05) is 77.4 Å². The molecule has 0 N–H and O–H groups in total. The average molecular weight is 430 g/mol. The third kappa shape index (κ3) is 3.62. The molecule has 0 bridgehead atoms. The number of benzene rings is 3. The maximum atomic E-state index is 13.0. The fourth-order valence-corrected chi connectivity index (χ4v) is 4.45. The first-order chi connectivity index (χ1) is 15.1. The van der Waals surface area contributed by atoms with E-state index in [9.17, 15) is 9.59 Å². The molecule has 0 radical (unpaired) electrons. The molecule has 0 saturated carbocycles. The summed E-state index contributed by atoms with van der Waals surface area (Å²) in [5, 5.41) is 0.546. The second-order valence-corrected chi connectivity index (χ2v) is 8.10. The lowest BCUT2D eigenvalue weighted by atomic mass is 10.1. The number of anilines is 1. The van der Waals surface area contributed by atoms with E-state index in [0.717, 1.165) is 16.9 Å². The summed E-state index contributed by atoms with van der Waals surface area (Å²) in [4.78, 5) is 32.4. The van der Waals surface area contributed by atoms with Crippen LogP contribution in [0.2, 0.25) is 5.02 Å². The van der Waals surface area contributed by atoms with Gasteiger partial charge in [0.25, 0.3) is 0 Å². The summed E-state index contributed by atoms with van der Waals surface area (Å²) in [6, 6.07) is 24.4. The molecule has 1 aliphatic rings. The number of para-hydroxylation sites is 3. The lowest BCUT2D eigenvalue weighted by Gasteiger charge is -2.18. The second kappa shape index (κ2) is 8.00. The highest BCUT2D eigenvalue weighted by molar-refractivity contribution is 6.33. The van der Waals surface area contributed by atoms with Crippen LogP contribution in [0.3, 0.4) is 0 Å². The number of nitrogens with zero attached hydrogens (tertiary/aromatic N) is 3. The minimum Gasteiger partial charge on any atom is -0.320 e. The highest BCUT2D eigenvalue weighted by Gasteiger charge is 2.35.